The van der Waals surface area contributed by atoms with Crippen molar-refractivity contribution in [3.8, 4) is 5.75 Å². The van der Waals surface area contributed by atoms with E-state index in [0.717, 1.165) is 5.56 Å². The van der Waals surface area contributed by atoms with Gasteiger partial charge >= 0.3 is 0 Å². The maximum Gasteiger partial charge on any atom is 0.255 e. The molecule has 0 atom stereocenters. The first-order valence-corrected chi connectivity index (χ1v) is 9.52. The fourth-order valence-electron chi connectivity index (χ4n) is 3.26. The lowest BCUT2D eigenvalue weighted by Crippen LogP contribution is -2.45. The van der Waals surface area contributed by atoms with Gasteiger partial charge in [-0.15, -0.1) is 0 Å². The lowest BCUT2D eigenvalue weighted by atomic mass is 9.73. The smallest absolute Gasteiger partial charge is 0.255 e. The van der Waals surface area contributed by atoms with Crippen LogP contribution < -0.4 is 15.8 Å². The largest absolute Gasteiger partial charge is 0.484 e. The molecule has 3 rings (SSSR count). The standard InChI is InChI=1S/C20H20Cl2N2O4/c21-13-1-6-16(17(22)11-13)20(7-9-27-10-8-20)19(26)24-14-2-4-15(5-3-14)28-12-18(23)25/h1-6,11H,7-10,12H2,(H2,23,25)(H,24,26). The van der Waals surface area contributed by atoms with Gasteiger partial charge in [0.1, 0.15) is 5.75 Å². The normalized spacial score (nSPS) is 15.6. The molecule has 6 nitrogen and oxygen atoms in total. The van der Waals surface area contributed by atoms with Crippen LogP contribution in [0.4, 0.5) is 5.69 Å². The van der Waals surface area contributed by atoms with Crippen molar-refractivity contribution < 1.29 is 19.1 Å². The zero-order chi connectivity index (χ0) is 20.1. The van der Waals surface area contributed by atoms with E-state index in [0.29, 0.717) is 47.5 Å². The van der Waals surface area contributed by atoms with E-state index in [1.807, 2.05) is 0 Å². The molecule has 0 radical (unpaired) electrons. The van der Waals surface area contributed by atoms with Gasteiger partial charge in [0.2, 0.25) is 5.91 Å². The summed E-state index contributed by atoms with van der Waals surface area (Å²) in [5.41, 5.74) is 5.60. The molecule has 0 aliphatic carbocycles. The molecule has 28 heavy (non-hydrogen) atoms. The average molecular weight is 423 g/mol. The third-order valence-electron chi connectivity index (χ3n) is 4.72. The number of ether oxygens (including phenoxy) is 2. The molecular formula is C20H20Cl2N2O4. The predicted molar refractivity (Wildman–Crippen MR) is 108 cm³/mol. The van der Waals surface area contributed by atoms with E-state index in [2.05, 4.69) is 5.32 Å². The van der Waals surface area contributed by atoms with Crippen LogP contribution in [0.25, 0.3) is 0 Å². The summed E-state index contributed by atoms with van der Waals surface area (Å²) in [6.07, 6.45) is 1.03. The number of rotatable bonds is 6. The van der Waals surface area contributed by atoms with Crippen LogP contribution in [0.3, 0.4) is 0 Å². The van der Waals surface area contributed by atoms with E-state index >= 15 is 0 Å². The molecule has 0 saturated carbocycles. The minimum Gasteiger partial charge on any atom is -0.484 e. The Kier molecular flexibility index (Phi) is 6.44. The number of carbonyl (C=O) groups excluding carboxylic acids is 2. The number of amides is 2. The summed E-state index contributed by atoms with van der Waals surface area (Å²) in [6, 6.07) is 11.9. The molecule has 0 unspecified atom stereocenters. The fraction of sp³-hybridized carbons (Fsp3) is 0.300. The van der Waals surface area contributed by atoms with Crippen LogP contribution in [-0.4, -0.2) is 31.6 Å². The SMILES string of the molecule is NC(=O)COc1ccc(NC(=O)C2(c3ccc(Cl)cc3Cl)CCOCC2)cc1. The zero-order valence-electron chi connectivity index (χ0n) is 15.0. The molecular weight excluding hydrogens is 403 g/mol. The molecule has 1 aliphatic heterocycles. The molecule has 1 fully saturated rings. The van der Waals surface area contributed by atoms with Crippen LogP contribution in [0.15, 0.2) is 42.5 Å². The number of carbonyl (C=O) groups is 2. The molecule has 0 spiro atoms. The number of primary amides is 1. The van der Waals surface area contributed by atoms with Gasteiger partial charge in [-0.05, 0) is 54.8 Å². The lowest BCUT2D eigenvalue weighted by molar-refractivity contribution is -0.125. The van der Waals surface area contributed by atoms with Crippen LogP contribution in [0.1, 0.15) is 18.4 Å². The first-order valence-electron chi connectivity index (χ1n) is 8.77. The quantitative estimate of drug-likeness (QED) is 0.744. The molecule has 1 heterocycles. The van der Waals surface area contributed by atoms with E-state index in [4.69, 9.17) is 38.4 Å². The first-order chi connectivity index (χ1) is 13.4. The first kappa shape index (κ1) is 20.5. The van der Waals surface area contributed by atoms with Gasteiger partial charge in [0.15, 0.2) is 6.61 Å². The van der Waals surface area contributed by atoms with Gasteiger partial charge in [-0.25, -0.2) is 0 Å². The van der Waals surface area contributed by atoms with Crippen molar-refractivity contribution in [1.82, 2.24) is 0 Å². The number of hydrogen-bond donors (Lipinski definition) is 2. The summed E-state index contributed by atoms with van der Waals surface area (Å²) in [7, 11) is 0. The van der Waals surface area contributed by atoms with Crippen molar-refractivity contribution in [2.75, 3.05) is 25.1 Å². The summed E-state index contributed by atoms with van der Waals surface area (Å²) in [6.45, 7) is 0.725. The van der Waals surface area contributed by atoms with Gasteiger partial charge in [0.25, 0.3) is 5.91 Å². The number of benzene rings is 2. The second-order valence-corrected chi connectivity index (χ2v) is 7.40. The average Bonchev–Trinajstić information content (AvgIpc) is 2.68. The molecule has 0 bridgehead atoms. The lowest BCUT2D eigenvalue weighted by Gasteiger charge is -2.36. The highest BCUT2D eigenvalue weighted by molar-refractivity contribution is 6.35. The summed E-state index contributed by atoms with van der Waals surface area (Å²) in [4.78, 5) is 24.1. The third kappa shape index (κ3) is 4.58. The van der Waals surface area contributed by atoms with Gasteiger partial charge in [0, 0.05) is 28.9 Å². The predicted octanol–water partition coefficient (Wildman–Crippen LogP) is 3.54. The topological polar surface area (TPSA) is 90.7 Å². The minimum absolute atomic E-state index is 0.161. The third-order valence-corrected chi connectivity index (χ3v) is 5.27. The van der Waals surface area contributed by atoms with Crippen LogP contribution in [0, 0.1) is 0 Å². The number of nitrogens with one attached hydrogen (secondary N) is 1. The van der Waals surface area contributed by atoms with Gasteiger partial charge in [-0.3, -0.25) is 9.59 Å². The second-order valence-electron chi connectivity index (χ2n) is 6.55. The summed E-state index contributed by atoms with van der Waals surface area (Å²) in [5.74, 6) is -0.233. The van der Waals surface area contributed by atoms with Crippen molar-refractivity contribution in [3.05, 3.63) is 58.1 Å². The Morgan fingerprint density at radius 2 is 1.79 bits per heavy atom. The number of anilines is 1. The van der Waals surface area contributed by atoms with Crippen LogP contribution in [0.2, 0.25) is 10.0 Å². The highest BCUT2D eigenvalue weighted by Gasteiger charge is 2.43. The molecule has 2 amide bonds. The molecule has 1 aliphatic rings. The summed E-state index contributed by atoms with van der Waals surface area (Å²) in [5, 5.41) is 3.93. The van der Waals surface area contributed by atoms with E-state index in [1.54, 1.807) is 42.5 Å². The summed E-state index contributed by atoms with van der Waals surface area (Å²) < 4.78 is 10.7. The van der Waals surface area contributed by atoms with Gasteiger partial charge in [-0.2, -0.15) is 0 Å². The Labute approximate surface area is 172 Å². The van der Waals surface area contributed by atoms with E-state index in [9.17, 15) is 9.59 Å². The molecule has 2 aromatic carbocycles. The summed E-state index contributed by atoms with van der Waals surface area (Å²) >= 11 is 12.4. The molecule has 0 aromatic heterocycles. The van der Waals surface area contributed by atoms with Crippen LogP contribution in [-0.2, 0) is 19.7 Å². The second kappa shape index (κ2) is 8.82. The Morgan fingerprint density at radius 3 is 2.39 bits per heavy atom. The van der Waals surface area contributed by atoms with E-state index in [1.165, 1.54) is 0 Å². The van der Waals surface area contributed by atoms with Gasteiger partial charge in [-0.1, -0.05) is 29.3 Å². The van der Waals surface area contributed by atoms with Crippen molar-refractivity contribution in [1.29, 1.82) is 0 Å². The van der Waals surface area contributed by atoms with E-state index in [-0.39, 0.29) is 12.5 Å². The van der Waals surface area contributed by atoms with Crippen molar-refractivity contribution in [2.45, 2.75) is 18.3 Å². The van der Waals surface area contributed by atoms with Crippen LogP contribution in [0.5, 0.6) is 5.75 Å². The van der Waals surface area contributed by atoms with Gasteiger partial charge < -0.3 is 20.5 Å². The molecule has 2 aromatic rings. The Bertz CT molecular complexity index is 865. The highest BCUT2D eigenvalue weighted by Crippen LogP contribution is 2.40. The minimum atomic E-state index is -0.805. The maximum absolute atomic E-state index is 13.3. The Morgan fingerprint density at radius 1 is 1.11 bits per heavy atom. The maximum atomic E-state index is 13.3. The Balaban J connectivity index is 1.81. The zero-order valence-corrected chi connectivity index (χ0v) is 16.6. The van der Waals surface area contributed by atoms with Crippen LogP contribution >= 0.6 is 23.2 Å². The monoisotopic (exact) mass is 422 g/mol. The molecule has 8 heteroatoms. The number of halogens is 2. The number of nitrogens with two attached hydrogens (primary N) is 1. The fourth-order valence-corrected chi connectivity index (χ4v) is 3.85. The number of hydrogen-bond acceptors (Lipinski definition) is 4. The van der Waals surface area contributed by atoms with Crippen molar-refractivity contribution in [3.63, 3.8) is 0 Å². The van der Waals surface area contributed by atoms with E-state index < -0.39 is 11.3 Å². The van der Waals surface area contributed by atoms with Gasteiger partial charge in [0.05, 0.1) is 5.41 Å². The highest BCUT2D eigenvalue weighted by atomic mass is 35.5. The van der Waals surface area contributed by atoms with Crippen molar-refractivity contribution >= 4 is 40.7 Å². The van der Waals surface area contributed by atoms with Crippen molar-refractivity contribution in [2.24, 2.45) is 5.73 Å². The Hall–Kier alpha value is -2.28. The molecule has 3 N–H and O–H groups in total. The molecule has 148 valence electrons. The molecule has 1 saturated heterocycles.